The third-order valence-corrected chi connectivity index (χ3v) is 23.3. The van der Waals surface area contributed by atoms with E-state index in [9.17, 15) is 19.2 Å². The smallest absolute Gasteiger partial charge is 0.318 e. The van der Waals surface area contributed by atoms with Gasteiger partial charge in [0.15, 0.2) is 0 Å². The van der Waals surface area contributed by atoms with Crippen molar-refractivity contribution in [1.29, 1.82) is 0 Å². The van der Waals surface area contributed by atoms with Gasteiger partial charge in [0.1, 0.15) is 92.5 Å². The van der Waals surface area contributed by atoms with Gasteiger partial charge in [-0.3, -0.25) is 39.6 Å². The summed E-state index contributed by atoms with van der Waals surface area (Å²) in [6.07, 6.45) is 22.0. The van der Waals surface area contributed by atoms with Crippen LogP contribution in [0.3, 0.4) is 0 Å². The molecule has 20 rings (SSSR count). The number of halogens is 1. The Kier molecular flexibility index (Phi) is 24.5. The van der Waals surface area contributed by atoms with Crippen LogP contribution in [-0.2, 0) is 19.2 Å². The molecule has 4 aliphatic heterocycles. The number of H-pyrrole nitrogens is 4. The zero-order valence-electron chi connectivity index (χ0n) is 71.7. The molecule has 16 aromatic rings. The zero-order valence-corrected chi connectivity index (χ0v) is 72.5. The third kappa shape index (κ3) is 17.3. The molecule has 37 nitrogen and oxygen atoms in total. The van der Waals surface area contributed by atoms with Crippen molar-refractivity contribution in [2.24, 2.45) is 0 Å². The Morgan fingerprint density at radius 2 is 0.752 bits per heavy atom. The van der Waals surface area contributed by atoms with E-state index in [4.69, 9.17) is 35.3 Å². The van der Waals surface area contributed by atoms with Crippen LogP contribution >= 0.6 is 11.6 Å². The predicted octanol–water partition coefficient (Wildman–Crippen LogP) is 12.7. The predicted molar refractivity (Wildman–Crippen MR) is 490 cm³/mol. The molecule has 4 saturated heterocycles. The average Bonchev–Trinajstić information content (AvgIpc) is 1.40. The van der Waals surface area contributed by atoms with E-state index in [1.807, 2.05) is 101 Å². The highest BCUT2D eigenvalue weighted by Crippen LogP contribution is 2.43. The van der Waals surface area contributed by atoms with Crippen LogP contribution in [-0.4, -0.2) is 255 Å². The fourth-order valence-corrected chi connectivity index (χ4v) is 16.4. The Balaban J connectivity index is 0.000000121. The Labute approximate surface area is 742 Å². The van der Waals surface area contributed by atoms with Crippen LogP contribution in [0.25, 0.3) is 87.2 Å². The summed E-state index contributed by atoms with van der Waals surface area (Å²) in [6.45, 7) is 35.7. The van der Waals surface area contributed by atoms with E-state index in [0.29, 0.717) is 173 Å². The number of aryl methyl sites for hydroxylation is 4. The molecule has 4 aromatic carbocycles. The first kappa shape index (κ1) is 85.2. The number of methoxy groups -OCH3 is 1. The summed E-state index contributed by atoms with van der Waals surface area (Å²) in [7, 11) is 1.53. The number of hydrogen-bond donors (Lipinski definition) is 4. The summed E-state index contributed by atoms with van der Waals surface area (Å²) in [5.41, 5.74) is 10.9. The van der Waals surface area contributed by atoms with Crippen molar-refractivity contribution < 1.29 is 42.9 Å². The minimum Gasteiger partial charge on any atom is -0.467 e. The van der Waals surface area contributed by atoms with Crippen LogP contribution in [0.2, 0.25) is 5.15 Å². The second kappa shape index (κ2) is 37.1. The molecule has 0 saturated carbocycles. The lowest BCUT2D eigenvalue weighted by Crippen LogP contribution is -2.54. The van der Waals surface area contributed by atoms with Crippen LogP contribution < -0.4 is 43.3 Å². The topological polar surface area (TPSA) is 410 Å². The minimum absolute atomic E-state index is 0.0400. The number of benzene rings is 4. The van der Waals surface area contributed by atoms with Crippen molar-refractivity contribution in [3.63, 3.8) is 0 Å². The van der Waals surface area contributed by atoms with Gasteiger partial charge in [0.2, 0.25) is 47.1 Å². The number of amides is 4. The van der Waals surface area contributed by atoms with Gasteiger partial charge >= 0.3 is 6.01 Å². The maximum atomic E-state index is 12.1. The summed E-state index contributed by atoms with van der Waals surface area (Å²) in [5.74, 6) is 7.03. The molecule has 0 unspecified atom stereocenters. The highest BCUT2D eigenvalue weighted by molar-refractivity contribution is 6.30. The SMILES string of the molecule is C=CC(=O)N1CCN(c2nc(OC)nc3c(Oc4c(C)ccc5[nH]ncc45)nccc23)CC1.C=CC(=O)N1CCN(c2ncnc3c(Oc4c(C)c(C)cc5[nH]ncc45)nccc23)CC1.C=CC(=O)N1CCN(c2ncnc3c(Oc4c(C)ccc5[nH]ncc45)nc(Cl)cc23)CC1.C=CC(=O)N1CCN(c2ncnc3c(Oc4c(C)ccc5[nH]ncc45)nccc23)C[C@H]1C. The highest BCUT2D eigenvalue weighted by Gasteiger charge is 2.32. The van der Waals surface area contributed by atoms with Crippen LogP contribution in [0, 0.1) is 34.6 Å². The van der Waals surface area contributed by atoms with E-state index in [-0.39, 0.29) is 40.8 Å². The van der Waals surface area contributed by atoms with Gasteiger partial charge in [0, 0.05) is 134 Å². The second-order valence-corrected chi connectivity index (χ2v) is 31.3. The summed E-state index contributed by atoms with van der Waals surface area (Å²) in [4.78, 5) is 118. The van der Waals surface area contributed by atoms with Crippen LogP contribution in [0.5, 0.6) is 52.5 Å². The molecular formula is C91H89ClN28O9. The molecule has 0 radical (unpaired) electrons. The van der Waals surface area contributed by atoms with E-state index < -0.39 is 0 Å². The third-order valence-electron chi connectivity index (χ3n) is 23.2. The fraction of sp³-hybridized carbons (Fsp3) is 0.253. The molecule has 4 aliphatic rings. The van der Waals surface area contributed by atoms with Crippen molar-refractivity contribution >= 4 is 146 Å². The number of ether oxygens (including phenoxy) is 5. The van der Waals surface area contributed by atoms with Gasteiger partial charge in [0.05, 0.1) is 86.3 Å². The number of aromatic amines is 4. The molecule has 129 heavy (non-hydrogen) atoms. The summed E-state index contributed by atoms with van der Waals surface area (Å²) in [6, 6.07) is 21.5. The van der Waals surface area contributed by atoms with Crippen molar-refractivity contribution in [3.8, 4) is 52.5 Å². The molecule has 1 atom stereocenters. The lowest BCUT2D eigenvalue weighted by atomic mass is 10.1. The maximum absolute atomic E-state index is 12.1. The van der Waals surface area contributed by atoms with E-state index in [1.165, 1.54) is 50.4 Å². The Morgan fingerprint density at radius 1 is 0.380 bits per heavy atom. The molecule has 654 valence electrons. The van der Waals surface area contributed by atoms with Crippen molar-refractivity contribution in [3.05, 3.63) is 213 Å². The molecule has 4 N–H and O–H groups in total. The first-order valence-corrected chi connectivity index (χ1v) is 42.0. The molecule has 0 bridgehead atoms. The van der Waals surface area contributed by atoms with Crippen LogP contribution in [0.1, 0.15) is 34.7 Å². The molecule has 0 spiro atoms. The van der Waals surface area contributed by atoms with Crippen molar-refractivity contribution in [2.75, 3.05) is 125 Å². The number of fused-ring (bicyclic) bond motifs is 8. The number of nitrogens with zero attached hydrogens (tertiary/aromatic N) is 24. The normalized spacial score (nSPS) is 14.7. The Morgan fingerprint density at radius 3 is 1.19 bits per heavy atom. The second-order valence-electron chi connectivity index (χ2n) is 30.9. The number of carbonyl (C=O) groups excluding carboxylic acids is 4. The Hall–Kier alpha value is -16.0. The van der Waals surface area contributed by atoms with E-state index >= 15 is 0 Å². The summed E-state index contributed by atoms with van der Waals surface area (Å²) < 4.78 is 30.6. The minimum atomic E-state index is -0.0662. The van der Waals surface area contributed by atoms with Gasteiger partial charge in [-0.25, -0.2) is 44.9 Å². The number of anilines is 4. The van der Waals surface area contributed by atoms with Gasteiger partial charge in [0.25, 0.3) is 0 Å². The first-order valence-electron chi connectivity index (χ1n) is 41.6. The van der Waals surface area contributed by atoms with Gasteiger partial charge in [-0.1, -0.05) is 56.1 Å². The van der Waals surface area contributed by atoms with Gasteiger partial charge < -0.3 is 62.9 Å². The van der Waals surface area contributed by atoms with E-state index in [2.05, 4.69) is 153 Å². The monoisotopic (exact) mass is 1750 g/mol. The van der Waals surface area contributed by atoms with Crippen LogP contribution in [0.4, 0.5) is 23.3 Å². The van der Waals surface area contributed by atoms with Crippen LogP contribution in [0.15, 0.2) is 180 Å². The molecule has 16 heterocycles. The number of nitrogens with one attached hydrogen (secondary N) is 4. The van der Waals surface area contributed by atoms with Gasteiger partial charge in [-0.15, -0.1) is 0 Å². The average molecular weight is 1750 g/mol. The number of hydrogen-bond acceptors (Lipinski definition) is 29. The zero-order chi connectivity index (χ0) is 89.7. The van der Waals surface area contributed by atoms with Crippen molar-refractivity contribution in [2.45, 2.75) is 47.6 Å². The highest BCUT2D eigenvalue weighted by atomic mass is 35.5. The van der Waals surface area contributed by atoms with Gasteiger partial charge in [-0.2, -0.15) is 35.3 Å². The lowest BCUT2D eigenvalue weighted by Gasteiger charge is -2.40. The van der Waals surface area contributed by atoms with E-state index in [0.717, 1.165) is 110 Å². The Bertz CT molecular complexity index is 7040. The molecular weight excluding hydrogens is 1660 g/mol. The molecule has 12 aromatic heterocycles. The lowest BCUT2D eigenvalue weighted by molar-refractivity contribution is -0.128. The molecule has 0 aliphatic carbocycles. The van der Waals surface area contributed by atoms with Crippen molar-refractivity contribution in [1.82, 2.24) is 120 Å². The number of rotatable bonds is 17. The number of pyridine rings is 4. The first-order chi connectivity index (χ1) is 62.8. The number of carbonyl (C=O) groups is 4. The van der Waals surface area contributed by atoms with E-state index in [1.54, 1.807) is 64.1 Å². The standard InChI is InChI=1S/C23H23N7O3.2C23H23N7O2.C22H20ClN7O2/c1-4-18(31)29-9-11-30(12-10-29)21-15-7-8-24-22(19(15)26-23(27-21)32-3)33-20-14(2)5-6-17-16(20)13-25-28-17;1-4-19(31)29-7-9-30(10-8-29)22-16-5-6-24-23(20(16)25-13-26-22)32-21-15(3)14(2)11-18-17(21)12-27-28-18;1-4-19(31)30-10-9-29(12-15(30)3)22-16-7-8-24-23(20(16)25-13-26-22)32-21-14(2)5-6-18-17(21)11-27-28-18;1-3-18(31)29-6-8-30(9-7-29)21-14-10-17(23)27-22(19(14)24-12-25-21)32-20-13(2)4-5-16-15(20)11-26-28-16/h4-8,13H,1,9-12H2,2-3H3,(H,25,28);4-6,11-13H,1,7-10H2,2-3H3,(H,27,28);4-8,11,13,15H,1,9-10,12H2,2-3H3,(H,27,28);3-5,10-12H,1,6-9H2,2H3,(H,26,28)/t;;15-;/m..1./s1. The molecule has 4 amide bonds. The quantitative estimate of drug-likeness (QED) is 0.0486. The number of piperazine rings is 4. The van der Waals surface area contributed by atoms with Gasteiger partial charge in [-0.05, 0) is 142 Å². The summed E-state index contributed by atoms with van der Waals surface area (Å²) in [5, 5.41) is 35.4. The largest absolute Gasteiger partial charge is 0.467 e. The maximum Gasteiger partial charge on any atom is 0.318 e. The summed E-state index contributed by atoms with van der Waals surface area (Å²) >= 11 is 6.37. The molecule has 38 heteroatoms. The fourth-order valence-electron chi connectivity index (χ4n) is 16.2. The molecule has 4 fully saturated rings. The number of aromatic nitrogens is 20.